The van der Waals surface area contributed by atoms with Gasteiger partial charge < -0.3 is 0 Å². The Morgan fingerprint density at radius 3 is 1.79 bits per heavy atom. The quantitative estimate of drug-likeness (QED) is 0.152. The Kier molecular flexibility index (Phi) is 9.49. The van der Waals surface area contributed by atoms with E-state index in [4.69, 9.17) is 19.9 Å². The molecule has 0 unspecified atom stereocenters. The molecular formula is C40H37N7. The van der Waals surface area contributed by atoms with Crippen LogP contribution in [0.3, 0.4) is 0 Å². The third-order valence-electron chi connectivity index (χ3n) is 7.90. The minimum absolute atomic E-state index is 0.343. The van der Waals surface area contributed by atoms with Gasteiger partial charge in [0.05, 0.1) is 28.1 Å². The Balaban J connectivity index is 1.46. The lowest BCUT2D eigenvalue weighted by Gasteiger charge is -2.16. The van der Waals surface area contributed by atoms with Gasteiger partial charge in [-0.1, -0.05) is 107 Å². The Labute approximate surface area is 276 Å². The molecule has 0 radical (unpaired) electrons. The van der Waals surface area contributed by atoms with Crippen molar-refractivity contribution in [3.8, 4) is 51.4 Å². The number of rotatable bonds is 10. The fourth-order valence-corrected chi connectivity index (χ4v) is 5.69. The first-order valence-electron chi connectivity index (χ1n) is 16.0. The van der Waals surface area contributed by atoms with Crippen LogP contribution in [-0.4, -0.2) is 29.9 Å². The maximum atomic E-state index is 9.21. The molecule has 3 aromatic heterocycles. The molecule has 232 valence electrons. The zero-order chi connectivity index (χ0) is 32.8. The van der Waals surface area contributed by atoms with Gasteiger partial charge in [0.25, 0.3) is 0 Å². The largest absolute Gasteiger partial charge is 0.236 e. The van der Waals surface area contributed by atoms with Gasteiger partial charge in [-0.2, -0.15) is 5.26 Å². The maximum Gasteiger partial charge on any atom is 0.162 e. The normalized spacial score (nSPS) is 11.2. The second kappa shape index (κ2) is 14.2. The molecule has 0 N–H and O–H groups in total. The fourth-order valence-electron chi connectivity index (χ4n) is 5.69. The predicted molar refractivity (Wildman–Crippen MR) is 186 cm³/mol. The summed E-state index contributed by atoms with van der Waals surface area (Å²) in [6, 6.07) is 29.5. The summed E-state index contributed by atoms with van der Waals surface area (Å²) in [6.07, 6.45) is 8.95. The van der Waals surface area contributed by atoms with E-state index < -0.39 is 0 Å². The van der Waals surface area contributed by atoms with Gasteiger partial charge in [-0.25, -0.2) is 29.9 Å². The van der Waals surface area contributed by atoms with Gasteiger partial charge >= 0.3 is 0 Å². The maximum absolute atomic E-state index is 9.21. The van der Waals surface area contributed by atoms with Crippen LogP contribution < -0.4 is 0 Å². The predicted octanol–water partition coefficient (Wildman–Crippen LogP) is 8.58. The zero-order valence-electron chi connectivity index (χ0n) is 27.2. The lowest BCUT2D eigenvalue weighted by atomic mass is 9.93. The number of nitrogens with zero attached hydrogens (tertiary/aromatic N) is 7. The lowest BCUT2D eigenvalue weighted by molar-refractivity contribution is 0.635. The molecule has 3 heterocycles. The average Bonchev–Trinajstić information content (AvgIpc) is 3.09. The van der Waals surface area contributed by atoms with E-state index in [1.54, 1.807) is 6.20 Å². The van der Waals surface area contributed by atoms with Crippen LogP contribution in [0.15, 0.2) is 104 Å². The van der Waals surface area contributed by atoms with Crippen LogP contribution in [0.5, 0.6) is 0 Å². The van der Waals surface area contributed by atoms with E-state index >= 15 is 0 Å². The first kappa shape index (κ1) is 31.4. The third kappa shape index (κ3) is 7.45. The van der Waals surface area contributed by atoms with Crippen molar-refractivity contribution in [1.82, 2.24) is 29.9 Å². The molecular weight excluding hydrogens is 578 g/mol. The van der Waals surface area contributed by atoms with Crippen LogP contribution >= 0.6 is 0 Å². The molecule has 0 amide bonds. The van der Waals surface area contributed by atoms with Crippen LogP contribution in [0.2, 0.25) is 0 Å². The topological polar surface area (TPSA) is 101 Å². The molecule has 0 saturated carbocycles. The summed E-state index contributed by atoms with van der Waals surface area (Å²) < 4.78 is 0. The molecule has 7 nitrogen and oxygen atoms in total. The van der Waals surface area contributed by atoms with Gasteiger partial charge in [0.1, 0.15) is 6.07 Å². The van der Waals surface area contributed by atoms with E-state index in [0.29, 0.717) is 47.7 Å². The second-order valence-electron chi connectivity index (χ2n) is 12.6. The second-order valence-corrected chi connectivity index (χ2v) is 12.6. The molecule has 0 saturated heterocycles. The van der Waals surface area contributed by atoms with Crippen molar-refractivity contribution >= 4 is 0 Å². The molecule has 0 bridgehead atoms. The summed E-state index contributed by atoms with van der Waals surface area (Å²) in [6.45, 7) is 8.79. The Morgan fingerprint density at radius 1 is 0.574 bits per heavy atom. The van der Waals surface area contributed by atoms with Crippen LogP contribution in [0.1, 0.15) is 55.8 Å². The smallest absolute Gasteiger partial charge is 0.162 e. The van der Waals surface area contributed by atoms with Crippen LogP contribution in [0, 0.1) is 23.2 Å². The molecule has 3 aromatic carbocycles. The summed E-state index contributed by atoms with van der Waals surface area (Å²) in [7, 11) is 0. The highest BCUT2D eigenvalue weighted by Crippen LogP contribution is 2.32. The summed E-state index contributed by atoms with van der Waals surface area (Å²) in [5, 5.41) is 9.21. The minimum atomic E-state index is 0.343. The minimum Gasteiger partial charge on any atom is -0.236 e. The summed E-state index contributed by atoms with van der Waals surface area (Å²) in [5.74, 6) is 2.57. The zero-order valence-corrected chi connectivity index (χ0v) is 27.2. The molecule has 0 aliphatic heterocycles. The molecule has 47 heavy (non-hydrogen) atoms. The van der Waals surface area contributed by atoms with Crippen molar-refractivity contribution < 1.29 is 0 Å². The Morgan fingerprint density at radius 2 is 1.15 bits per heavy atom. The van der Waals surface area contributed by atoms with Gasteiger partial charge in [0, 0.05) is 36.8 Å². The van der Waals surface area contributed by atoms with Crippen molar-refractivity contribution in [3.05, 3.63) is 132 Å². The van der Waals surface area contributed by atoms with Crippen LogP contribution in [-0.2, 0) is 19.3 Å². The van der Waals surface area contributed by atoms with Gasteiger partial charge in [-0.3, -0.25) is 0 Å². The van der Waals surface area contributed by atoms with Gasteiger partial charge in [0.2, 0.25) is 0 Å². The van der Waals surface area contributed by atoms with E-state index in [9.17, 15) is 5.26 Å². The Hall–Kier alpha value is -5.61. The van der Waals surface area contributed by atoms with Crippen LogP contribution in [0.4, 0.5) is 0 Å². The highest BCUT2D eigenvalue weighted by molar-refractivity contribution is 5.72. The third-order valence-corrected chi connectivity index (χ3v) is 7.90. The van der Waals surface area contributed by atoms with Crippen molar-refractivity contribution in [1.29, 1.82) is 5.26 Å². The molecule has 0 spiro atoms. The van der Waals surface area contributed by atoms with Crippen molar-refractivity contribution in [2.24, 2.45) is 11.8 Å². The highest BCUT2D eigenvalue weighted by atomic mass is 14.9. The molecule has 0 aliphatic carbocycles. The number of nitriles is 1. The van der Waals surface area contributed by atoms with Crippen LogP contribution in [0.25, 0.3) is 45.3 Å². The van der Waals surface area contributed by atoms with Gasteiger partial charge in [-0.15, -0.1) is 0 Å². The molecule has 7 heteroatoms. The van der Waals surface area contributed by atoms with E-state index in [-0.39, 0.29) is 0 Å². The van der Waals surface area contributed by atoms with Gasteiger partial charge in [0.15, 0.2) is 17.5 Å². The molecule has 0 atom stereocenters. The summed E-state index contributed by atoms with van der Waals surface area (Å²) >= 11 is 0. The van der Waals surface area contributed by atoms with Crippen molar-refractivity contribution in [2.45, 2.75) is 47.0 Å². The summed E-state index contributed by atoms with van der Waals surface area (Å²) in [5.41, 5.74) is 9.44. The first-order valence-corrected chi connectivity index (χ1v) is 16.0. The van der Waals surface area contributed by atoms with E-state index in [2.05, 4.69) is 98.3 Å². The number of hydrogen-bond donors (Lipinski definition) is 0. The average molecular weight is 616 g/mol. The fraction of sp³-hybridized carbons (Fsp3) is 0.225. The summed E-state index contributed by atoms with van der Waals surface area (Å²) in [4.78, 5) is 28.9. The number of aromatic nitrogens is 6. The van der Waals surface area contributed by atoms with E-state index in [1.807, 2.05) is 30.5 Å². The molecule has 0 aliphatic rings. The number of hydrogen-bond acceptors (Lipinski definition) is 7. The molecule has 0 fully saturated rings. The lowest BCUT2D eigenvalue weighted by Crippen LogP contribution is -2.08. The highest BCUT2D eigenvalue weighted by Gasteiger charge is 2.20. The Bertz CT molecular complexity index is 2010. The number of benzene rings is 3. The van der Waals surface area contributed by atoms with Gasteiger partial charge in [-0.05, 0) is 46.9 Å². The van der Waals surface area contributed by atoms with E-state index in [1.165, 1.54) is 29.1 Å². The molecule has 6 rings (SSSR count). The van der Waals surface area contributed by atoms with Crippen molar-refractivity contribution in [3.63, 3.8) is 0 Å². The first-order chi connectivity index (χ1) is 22.9. The monoisotopic (exact) mass is 615 g/mol. The van der Waals surface area contributed by atoms with Crippen molar-refractivity contribution in [2.75, 3.05) is 0 Å². The molecule has 6 aromatic rings. The standard InChI is InChI=1S/C40H37N7/c1-26(2)17-32-20-31(30-13-9-6-10-14-30)15-16-33(32)39-44-25-35(37(47-39)19-28-11-7-5-8-12-28)40-45-24-34(36(46-40)18-27(3)4)38-42-22-29(21-41)23-43-38/h5-16,20,22-27H,17-19H2,1-4H3. The van der Waals surface area contributed by atoms with E-state index in [0.717, 1.165) is 40.1 Å². The SMILES string of the molecule is CC(C)Cc1cc(-c2ccccc2)ccc1-c1ncc(-c2ncc(-c3ncc(C#N)cn3)c(CC(C)C)n2)c(Cc2ccccc2)n1.